The molecule has 1 rings (SSSR count). The molecule has 0 bridgehead atoms. The minimum atomic E-state index is -0.525. The van der Waals surface area contributed by atoms with Crippen LogP contribution in [0.25, 0.3) is 0 Å². The average Bonchev–Trinajstić information content (AvgIpc) is 2.70. The van der Waals surface area contributed by atoms with Gasteiger partial charge in [-0.1, -0.05) is 0 Å². The fourth-order valence-corrected chi connectivity index (χ4v) is 1.27. The van der Waals surface area contributed by atoms with Gasteiger partial charge >= 0.3 is 5.97 Å². The lowest BCUT2D eigenvalue weighted by Gasteiger charge is -2.28. The maximum Gasteiger partial charge on any atom is 0.313 e. The van der Waals surface area contributed by atoms with Crippen LogP contribution in [-0.2, 0) is 9.53 Å². The van der Waals surface area contributed by atoms with Gasteiger partial charge in [0.25, 0.3) is 0 Å². The standard InChI is InChI=1S/C9H17NO2/c1-4-12-7(11)8(2,3)9(10)5-6-9/h4-6,10H2,1-3H3. The van der Waals surface area contributed by atoms with Gasteiger partial charge in [0.2, 0.25) is 0 Å². The van der Waals surface area contributed by atoms with Crippen LogP contribution in [0.15, 0.2) is 0 Å². The lowest BCUT2D eigenvalue weighted by atomic mass is 9.82. The molecule has 0 radical (unpaired) electrons. The molecule has 0 aromatic heterocycles. The first kappa shape index (κ1) is 9.52. The zero-order chi connectivity index (χ0) is 9.41. The number of ether oxygens (including phenoxy) is 1. The third-order valence-electron chi connectivity index (χ3n) is 2.82. The highest BCUT2D eigenvalue weighted by atomic mass is 16.5. The van der Waals surface area contributed by atoms with Gasteiger partial charge in [-0.2, -0.15) is 0 Å². The Kier molecular flexibility index (Phi) is 2.17. The van der Waals surface area contributed by atoms with E-state index >= 15 is 0 Å². The molecule has 0 aromatic rings. The first-order valence-electron chi connectivity index (χ1n) is 4.40. The molecule has 0 aliphatic heterocycles. The lowest BCUT2D eigenvalue weighted by molar-refractivity contribution is -0.155. The van der Waals surface area contributed by atoms with Gasteiger partial charge in [-0.15, -0.1) is 0 Å². The molecule has 0 saturated heterocycles. The van der Waals surface area contributed by atoms with Crippen molar-refractivity contribution in [3.63, 3.8) is 0 Å². The smallest absolute Gasteiger partial charge is 0.313 e. The summed E-state index contributed by atoms with van der Waals surface area (Å²) in [4.78, 5) is 11.4. The number of hydrogen-bond acceptors (Lipinski definition) is 3. The van der Waals surface area contributed by atoms with Crippen molar-refractivity contribution in [2.24, 2.45) is 11.1 Å². The molecule has 0 aromatic carbocycles. The largest absolute Gasteiger partial charge is 0.466 e. The van der Waals surface area contributed by atoms with Crippen LogP contribution in [0.1, 0.15) is 33.6 Å². The second kappa shape index (κ2) is 2.73. The van der Waals surface area contributed by atoms with Crippen LogP contribution in [-0.4, -0.2) is 18.1 Å². The van der Waals surface area contributed by atoms with E-state index in [0.717, 1.165) is 12.8 Å². The first-order valence-corrected chi connectivity index (χ1v) is 4.40. The van der Waals surface area contributed by atoms with Crippen molar-refractivity contribution in [1.82, 2.24) is 0 Å². The van der Waals surface area contributed by atoms with Crippen LogP contribution in [0, 0.1) is 5.41 Å². The molecule has 0 amide bonds. The number of esters is 1. The van der Waals surface area contributed by atoms with E-state index in [1.807, 2.05) is 20.8 Å². The molecule has 1 saturated carbocycles. The Morgan fingerprint density at radius 2 is 2.08 bits per heavy atom. The summed E-state index contributed by atoms with van der Waals surface area (Å²) in [5, 5.41) is 0. The maximum absolute atomic E-state index is 11.4. The van der Waals surface area contributed by atoms with Gasteiger partial charge in [-0.05, 0) is 33.6 Å². The quantitative estimate of drug-likeness (QED) is 0.646. The normalized spacial score (nSPS) is 20.3. The van der Waals surface area contributed by atoms with Gasteiger partial charge in [0.1, 0.15) is 0 Å². The average molecular weight is 171 g/mol. The topological polar surface area (TPSA) is 52.3 Å². The monoisotopic (exact) mass is 171 g/mol. The Hall–Kier alpha value is -0.570. The van der Waals surface area contributed by atoms with Crippen molar-refractivity contribution in [2.45, 2.75) is 39.2 Å². The zero-order valence-electron chi connectivity index (χ0n) is 8.02. The minimum absolute atomic E-state index is 0.176. The molecule has 1 aliphatic rings. The van der Waals surface area contributed by atoms with Crippen molar-refractivity contribution in [1.29, 1.82) is 0 Å². The predicted octanol–water partition coefficient (Wildman–Crippen LogP) is 1.07. The number of rotatable bonds is 3. The van der Waals surface area contributed by atoms with E-state index in [0.29, 0.717) is 6.61 Å². The number of nitrogens with two attached hydrogens (primary N) is 1. The van der Waals surface area contributed by atoms with Crippen molar-refractivity contribution < 1.29 is 9.53 Å². The number of carbonyl (C=O) groups excluding carboxylic acids is 1. The highest BCUT2D eigenvalue weighted by molar-refractivity contribution is 5.78. The Bertz CT molecular complexity index is 195. The Morgan fingerprint density at radius 3 is 2.42 bits per heavy atom. The fourth-order valence-electron chi connectivity index (χ4n) is 1.27. The van der Waals surface area contributed by atoms with Crippen molar-refractivity contribution in [3.05, 3.63) is 0 Å². The van der Waals surface area contributed by atoms with E-state index in [1.165, 1.54) is 0 Å². The van der Waals surface area contributed by atoms with E-state index < -0.39 is 5.41 Å². The van der Waals surface area contributed by atoms with Crippen molar-refractivity contribution >= 4 is 5.97 Å². The Balaban J connectivity index is 2.64. The molecule has 0 unspecified atom stereocenters. The van der Waals surface area contributed by atoms with Crippen LogP contribution >= 0.6 is 0 Å². The second-order valence-corrected chi connectivity index (χ2v) is 4.00. The summed E-state index contributed by atoms with van der Waals surface area (Å²) in [5.41, 5.74) is 5.12. The summed E-state index contributed by atoms with van der Waals surface area (Å²) < 4.78 is 4.95. The zero-order valence-corrected chi connectivity index (χ0v) is 8.02. The molecule has 1 aliphatic carbocycles. The van der Waals surface area contributed by atoms with E-state index in [4.69, 9.17) is 10.5 Å². The number of hydrogen-bond donors (Lipinski definition) is 1. The SMILES string of the molecule is CCOC(=O)C(C)(C)C1(N)CC1. The molecule has 2 N–H and O–H groups in total. The van der Waals surface area contributed by atoms with Gasteiger partial charge in [0.05, 0.1) is 12.0 Å². The van der Waals surface area contributed by atoms with Crippen molar-refractivity contribution in [2.75, 3.05) is 6.61 Å². The Morgan fingerprint density at radius 1 is 1.58 bits per heavy atom. The van der Waals surface area contributed by atoms with Gasteiger partial charge in [-0.25, -0.2) is 0 Å². The molecule has 0 spiro atoms. The summed E-state index contributed by atoms with van der Waals surface area (Å²) in [6.07, 6.45) is 1.86. The maximum atomic E-state index is 11.4. The highest BCUT2D eigenvalue weighted by Crippen LogP contribution is 2.48. The molecular formula is C9H17NO2. The molecule has 12 heavy (non-hydrogen) atoms. The van der Waals surface area contributed by atoms with Gasteiger partial charge < -0.3 is 10.5 Å². The summed E-state index contributed by atoms with van der Waals surface area (Å²) in [7, 11) is 0. The molecular weight excluding hydrogens is 154 g/mol. The summed E-state index contributed by atoms with van der Waals surface area (Å²) in [6.45, 7) is 5.96. The van der Waals surface area contributed by atoms with Crippen LogP contribution in [0.3, 0.4) is 0 Å². The molecule has 70 valence electrons. The highest BCUT2D eigenvalue weighted by Gasteiger charge is 2.56. The van der Waals surface area contributed by atoms with Gasteiger partial charge in [0, 0.05) is 5.54 Å². The van der Waals surface area contributed by atoms with Gasteiger partial charge in [-0.3, -0.25) is 4.79 Å². The Labute approximate surface area is 73.3 Å². The fraction of sp³-hybridized carbons (Fsp3) is 0.889. The third kappa shape index (κ3) is 1.33. The van der Waals surface area contributed by atoms with Crippen LogP contribution in [0.5, 0.6) is 0 Å². The summed E-state index contributed by atoms with van der Waals surface area (Å²) >= 11 is 0. The van der Waals surface area contributed by atoms with Gasteiger partial charge in [0.15, 0.2) is 0 Å². The van der Waals surface area contributed by atoms with E-state index in [9.17, 15) is 4.79 Å². The van der Waals surface area contributed by atoms with E-state index in [-0.39, 0.29) is 11.5 Å². The van der Waals surface area contributed by atoms with Crippen LogP contribution in [0.4, 0.5) is 0 Å². The number of carbonyl (C=O) groups is 1. The van der Waals surface area contributed by atoms with Crippen LogP contribution < -0.4 is 5.73 Å². The lowest BCUT2D eigenvalue weighted by Crippen LogP contribution is -2.46. The van der Waals surface area contributed by atoms with Crippen molar-refractivity contribution in [3.8, 4) is 0 Å². The molecule has 3 heteroatoms. The predicted molar refractivity (Wildman–Crippen MR) is 46.6 cm³/mol. The van der Waals surface area contributed by atoms with E-state index in [2.05, 4.69) is 0 Å². The summed E-state index contributed by atoms with van der Waals surface area (Å²) in [5.74, 6) is -0.176. The summed E-state index contributed by atoms with van der Waals surface area (Å²) in [6, 6.07) is 0. The second-order valence-electron chi connectivity index (χ2n) is 4.00. The molecule has 3 nitrogen and oxygen atoms in total. The molecule has 1 fully saturated rings. The first-order chi connectivity index (χ1) is 5.44. The minimum Gasteiger partial charge on any atom is -0.466 e. The van der Waals surface area contributed by atoms with E-state index in [1.54, 1.807) is 0 Å². The van der Waals surface area contributed by atoms with Crippen LogP contribution in [0.2, 0.25) is 0 Å². The molecule has 0 atom stereocenters. The third-order valence-corrected chi connectivity index (χ3v) is 2.82. The molecule has 0 heterocycles.